The molecule has 7 heteroatoms. The quantitative estimate of drug-likeness (QED) is 0.208. The molecule has 5 atom stereocenters. The van der Waals surface area contributed by atoms with Crippen molar-refractivity contribution >= 4 is 17.7 Å². The first kappa shape index (κ1) is 28.9. The second kappa shape index (κ2) is 11.8. The summed E-state index contributed by atoms with van der Waals surface area (Å²) < 4.78 is 12.6. The number of carbonyl (C=O) groups is 3. The standard InChI is InChI=1S/C35H44N2O5/c1-4-37(31(40)14-10-6-9-13-25-11-7-5-8-12-25)28-17-16-27-29-21-26-15-18-30(41-24(3)39)33-32(26)35(27,34(28)42-33)19-20-36(29)22-23(2)38/h5,7-8,11-12,15,18,27-29,34H,4,6,9-10,13-14,16-17,19-22H2,1-3H3/t27-,28+,29+,34-,35-/m0/s1. The number of aryl methyl sites for hydroxylation is 1. The van der Waals surface area contributed by atoms with E-state index in [2.05, 4.69) is 47.1 Å². The van der Waals surface area contributed by atoms with Gasteiger partial charge in [0.05, 0.1) is 12.6 Å². The molecule has 2 aliphatic heterocycles. The zero-order valence-electron chi connectivity index (χ0n) is 25.3. The number of ether oxygens (including phenoxy) is 2. The van der Waals surface area contributed by atoms with Crippen LogP contribution in [0.4, 0.5) is 0 Å². The van der Waals surface area contributed by atoms with Crippen LogP contribution in [0, 0.1) is 5.92 Å². The number of piperidine rings is 1. The third-order valence-corrected chi connectivity index (χ3v) is 10.3. The molecule has 4 aliphatic rings. The average Bonchev–Trinajstić information content (AvgIpc) is 3.32. The topological polar surface area (TPSA) is 76.2 Å². The van der Waals surface area contributed by atoms with Gasteiger partial charge in [-0.15, -0.1) is 0 Å². The summed E-state index contributed by atoms with van der Waals surface area (Å²) >= 11 is 0. The van der Waals surface area contributed by atoms with E-state index in [9.17, 15) is 14.4 Å². The summed E-state index contributed by atoms with van der Waals surface area (Å²) in [5.74, 6) is 1.56. The fraction of sp³-hybridized carbons (Fsp3) is 0.571. The van der Waals surface area contributed by atoms with Crippen LogP contribution in [0.1, 0.15) is 82.4 Å². The average molecular weight is 573 g/mol. The molecular formula is C35H44N2O5. The van der Waals surface area contributed by atoms with Gasteiger partial charge in [-0.05, 0) is 88.4 Å². The lowest BCUT2D eigenvalue weighted by atomic mass is 9.51. The van der Waals surface area contributed by atoms with Crippen molar-refractivity contribution in [1.82, 2.24) is 9.80 Å². The number of likely N-dealkylation sites (N-methyl/N-ethyl adjacent to an activating group) is 1. The Morgan fingerprint density at radius 2 is 1.86 bits per heavy atom. The van der Waals surface area contributed by atoms with Crippen molar-refractivity contribution in [2.75, 3.05) is 19.6 Å². The number of esters is 1. The Hall–Kier alpha value is -3.19. The number of unbranched alkanes of at least 4 members (excludes halogenated alkanes) is 2. The van der Waals surface area contributed by atoms with Gasteiger partial charge < -0.3 is 14.4 Å². The van der Waals surface area contributed by atoms with Crippen LogP contribution in [0.5, 0.6) is 11.5 Å². The van der Waals surface area contributed by atoms with Crippen molar-refractivity contribution < 1.29 is 23.9 Å². The largest absolute Gasteiger partial charge is 0.483 e. The highest BCUT2D eigenvalue weighted by Crippen LogP contribution is 2.64. The molecule has 1 amide bonds. The minimum Gasteiger partial charge on any atom is -0.483 e. The van der Waals surface area contributed by atoms with Crippen LogP contribution in [0.25, 0.3) is 0 Å². The van der Waals surface area contributed by atoms with Gasteiger partial charge in [-0.2, -0.15) is 0 Å². The summed E-state index contributed by atoms with van der Waals surface area (Å²) in [5, 5.41) is 0. The van der Waals surface area contributed by atoms with E-state index >= 15 is 0 Å². The Bertz CT molecular complexity index is 1340. The molecule has 2 heterocycles. The molecule has 42 heavy (non-hydrogen) atoms. The number of Topliss-reactive ketones (excluding diaryl/α,β-unsaturated/α-hetero) is 1. The molecule has 1 spiro atoms. The Labute approximate surface area is 249 Å². The smallest absolute Gasteiger partial charge is 0.308 e. The minimum absolute atomic E-state index is 0.0356. The number of carbonyl (C=O) groups excluding carboxylic acids is 3. The van der Waals surface area contributed by atoms with Crippen molar-refractivity contribution in [1.29, 1.82) is 0 Å². The SMILES string of the molecule is CCN(C(=O)CCCCCc1ccccc1)[C@@H]1CC[C@H]2[C@H]3Cc4ccc(OC(C)=O)c5c4[C@@]2(CCN3CC(C)=O)[C@H]1O5. The summed E-state index contributed by atoms with van der Waals surface area (Å²) in [6.07, 6.45) is 8.00. The summed E-state index contributed by atoms with van der Waals surface area (Å²) in [5.41, 5.74) is 3.53. The van der Waals surface area contributed by atoms with Gasteiger partial charge in [0.2, 0.25) is 5.91 Å². The summed E-state index contributed by atoms with van der Waals surface area (Å²) in [4.78, 5) is 42.4. The maximum atomic E-state index is 13.7. The molecule has 1 saturated heterocycles. The Kier molecular flexibility index (Phi) is 8.14. The van der Waals surface area contributed by atoms with Gasteiger partial charge >= 0.3 is 5.97 Å². The molecule has 6 rings (SSSR count). The molecule has 0 N–H and O–H groups in total. The molecule has 2 fully saturated rings. The van der Waals surface area contributed by atoms with E-state index in [-0.39, 0.29) is 41.3 Å². The molecule has 0 aromatic heterocycles. The molecular weight excluding hydrogens is 528 g/mol. The normalized spacial score (nSPS) is 27.1. The van der Waals surface area contributed by atoms with Gasteiger partial charge in [0.1, 0.15) is 11.9 Å². The Morgan fingerprint density at radius 1 is 1.05 bits per heavy atom. The number of benzene rings is 2. The van der Waals surface area contributed by atoms with Crippen molar-refractivity contribution in [2.45, 2.75) is 102 Å². The van der Waals surface area contributed by atoms with Gasteiger partial charge in [0.25, 0.3) is 0 Å². The third-order valence-electron chi connectivity index (χ3n) is 10.3. The lowest BCUT2D eigenvalue weighted by Crippen LogP contribution is -2.69. The van der Waals surface area contributed by atoms with Crippen LogP contribution >= 0.6 is 0 Å². The van der Waals surface area contributed by atoms with E-state index in [1.165, 1.54) is 23.6 Å². The monoisotopic (exact) mass is 572 g/mol. The highest BCUT2D eigenvalue weighted by atomic mass is 16.6. The van der Waals surface area contributed by atoms with E-state index in [0.717, 1.165) is 57.9 Å². The molecule has 2 aromatic carbocycles. The second-order valence-electron chi connectivity index (χ2n) is 12.8. The number of likely N-dealkylation sites (tertiary alicyclic amines) is 1. The summed E-state index contributed by atoms with van der Waals surface area (Å²) in [7, 11) is 0. The van der Waals surface area contributed by atoms with E-state index < -0.39 is 0 Å². The van der Waals surface area contributed by atoms with Crippen molar-refractivity contribution in [3.05, 3.63) is 59.2 Å². The van der Waals surface area contributed by atoms with E-state index in [1.807, 2.05) is 12.1 Å². The van der Waals surface area contributed by atoms with Crippen LogP contribution in [-0.2, 0) is 32.6 Å². The molecule has 2 bridgehead atoms. The van der Waals surface area contributed by atoms with Crippen molar-refractivity contribution in [2.24, 2.45) is 5.92 Å². The van der Waals surface area contributed by atoms with Crippen molar-refractivity contribution in [3.63, 3.8) is 0 Å². The van der Waals surface area contributed by atoms with Gasteiger partial charge in [-0.25, -0.2) is 0 Å². The number of hydrogen-bond acceptors (Lipinski definition) is 6. The van der Waals surface area contributed by atoms with E-state index in [1.54, 1.807) is 6.92 Å². The molecule has 224 valence electrons. The molecule has 1 saturated carbocycles. The predicted molar refractivity (Wildman–Crippen MR) is 161 cm³/mol. The molecule has 7 nitrogen and oxygen atoms in total. The Balaban J connectivity index is 1.24. The van der Waals surface area contributed by atoms with E-state index in [0.29, 0.717) is 36.9 Å². The Morgan fingerprint density at radius 3 is 2.60 bits per heavy atom. The van der Waals surface area contributed by atoms with Crippen molar-refractivity contribution in [3.8, 4) is 11.5 Å². The van der Waals surface area contributed by atoms with Crippen LogP contribution in [0.2, 0.25) is 0 Å². The zero-order valence-corrected chi connectivity index (χ0v) is 25.3. The van der Waals surface area contributed by atoms with Crippen LogP contribution < -0.4 is 9.47 Å². The van der Waals surface area contributed by atoms with E-state index in [4.69, 9.17) is 9.47 Å². The molecule has 2 aromatic rings. The summed E-state index contributed by atoms with van der Waals surface area (Å²) in [6, 6.07) is 14.7. The molecule has 0 radical (unpaired) electrons. The third kappa shape index (κ3) is 5.04. The fourth-order valence-corrected chi connectivity index (χ4v) is 8.79. The lowest BCUT2D eigenvalue weighted by molar-refractivity contribution is -0.143. The summed E-state index contributed by atoms with van der Waals surface area (Å²) in [6.45, 7) is 7.12. The number of ketones is 1. The second-order valence-corrected chi connectivity index (χ2v) is 12.8. The number of hydrogen-bond donors (Lipinski definition) is 0. The number of amides is 1. The maximum Gasteiger partial charge on any atom is 0.308 e. The predicted octanol–water partition coefficient (Wildman–Crippen LogP) is 5.26. The van der Waals surface area contributed by atoms with Gasteiger partial charge in [0.15, 0.2) is 11.5 Å². The minimum atomic E-state index is -0.363. The van der Waals surface area contributed by atoms with Gasteiger partial charge in [0, 0.05) is 36.9 Å². The number of nitrogens with zero attached hydrogens (tertiary/aromatic N) is 2. The maximum absolute atomic E-state index is 13.7. The molecule has 2 aliphatic carbocycles. The molecule has 0 unspecified atom stereocenters. The van der Waals surface area contributed by atoms with Crippen LogP contribution in [0.15, 0.2) is 42.5 Å². The van der Waals surface area contributed by atoms with Gasteiger partial charge in [-0.1, -0.05) is 42.8 Å². The van der Waals surface area contributed by atoms with Crippen LogP contribution in [-0.4, -0.2) is 65.3 Å². The van der Waals surface area contributed by atoms with Gasteiger partial charge in [-0.3, -0.25) is 19.3 Å². The number of rotatable bonds is 11. The highest BCUT2D eigenvalue weighted by molar-refractivity contribution is 5.78. The first-order chi connectivity index (χ1) is 20.3. The highest BCUT2D eigenvalue weighted by Gasteiger charge is 2.66. The van der Waals surface area contributed by atoms with Crippen LogP contribution in [0.3, 0.4) is 0 Å². The fourth-order valence-electron chi connectivity index (χ4n) is 8.79. The zero-order chi connectivity index (χ0) is 29.4. The first-order valence-electron chi connectivity index (χ1n) is 15.9. The first-order valence-corrected chi connectivity index (χ1v) is 15.9. The lowest BCUT2D eigenvalue weighted by Gasteiger charge is -2.60.